The summed E-state index contributed by atoms with van der Waals surface area (Å²) in [6.45, 7) is 9.05. The molecule has 2 saturated heterocycles. The predicted molar refractivity (Wildman–Crippen MR) is 234 cm³/mol. The molecule has 3 N–H and O–H groups in total. The van der Waals surface area contributed by atoms with Crippen LogP contribution in [0.25, 0.3) is 16.6 Å². The van der Waals surface area contributed by atoms with Crippen LogP contribution in [0.2, 0.25) is 5.02 Å². The van der Waals surface area contributed by atoms with Crippen molar-refractivity contribution in [2.75, 3.05) is 62.8 Å². The molecule has 61 heavy (non-hydrogen) atoms. The molecule has 0 bridgehead atoms. The van der Waals surface area contributed by atoms with Crippen LogP contribution in [0.1, 0.15) is 49.0 Å². The van der Waals surface area contributed by atoms with Gasteiger partial charge in [0.15, 0.2) is 0 Å². The molecule has 0 saturated carbocycles. The molecule has 0 radical (unpaired) electrons. The summed E-state index contributed by atoms with van der Waals surface area (Å²) in [5, 5.41) is 16.5. The largest absolute Gasteiger partial charge is 0.455 e. The van der Waals surface area contributed by atoms with E-state index in [1.807, 2.05) is 18.2 Å². The third kappa shape index (κ3) is 9.84. The number of carbonyl (C=O) groups is 1. The number of sulfonamides is 1. The summed E-state index contributed by atoms with van der Waals surface area (Å²) < 4.78 is 46.7. The Morgan fingerprint density at radius 2 is 1.90 bits per heavy atom. The SMILES string of the molecule is C[C@H]1CCC(CN2CCN(c3ccc(C(=O)NS(=O)(=O)c4ccc(NC[C@H]5COCCO5)c([N+](=O)[O-])c4)c(Oc4cnc5[nH]ccc5c4)c3)C[C@H]2C)=C(c2ccc(Cl)cc2)C1. The van der Waals surface area contributed by atoms with Gasteiger partial charge >= 0.3 is 0 Å². The van der Waals surface area contributed by atoms with Crippen molar-refractivity contribution in [1.82, 2.24) is 19.6 Å². The molecule has 4 heterocycles. The minimum Gasteiger partial charge on any atom is -0.455 e. The average Bonchev–Trinajstić information content (AvgIpc) is 3.73. The van der Waals surface area contributed by atoms with Gasteiger partial charge in [0, 0.05) is 73.2 Å². The van der Waals surface area contributed by atoms with Gasteiger partial charge in [-0.05, 0) is 91.8 Å². The molecule has 15 nitrogen and oxygen atoms in total. The quantitative estimate of drug-likeness (QED) is 0.0778. The maximum Gasteiger partial charge on any atom is 0.293 e. The number of aromatic amines is 1. The van der Waals surface area contributed by atoms with Crippen molar-refractivity contribution < 1.29 is 32.3 Å². The van der Waals surface area contributed by atoms with Crippen molar-refractivity contribution in [3.05, 3.63) is 117 Å². The average molecular weight is 870 g/mol. The highest BCUT2D eigenvalue weighted by Gasteiger charge is 2.30. The second-order valence-electron chi connectivity index (χ2n) is 15.9. The van der Waals surface area contributed by atoms with Gasteiger partial charge in [0.25, 0.3) is 21.6 Å². The molecule has 5 aromatic rings. The first kappa shape index (κ1) is 42.2. The second-order valence-corrected chi connectivity index (χ2v) is 18.0. The third-order valence-corrected chi connectivity index (χ3v) is 13.1. The lowest BCUT2D eigenvalue weighted by atomic mass is 9.81. The first-order chi connectivity index (χ1) is 29.4. The predicted octanol–water partition coefficient (Wildman–Crippen LogP) is 7.65. The van der Waals surface area contributed by atoms with Crippen LogP contribution >= 0.6 is 11.6 Å². The van der Waals surface area contributed by atoms with Crippen LogP contribution in [0.4, 0.5) is 17.1 Å². The first-order valence-corrected chi connectivity index (χ1v) is 22.3. The fraction of sp³-hybridized carbons (Fsp3) is 0.364. The van der Waals surface area contributed by atoms with E-state index >= 15 is 0 Å². The Kier molecular flexibility index (Phi) is 12.6. The Morgan fingerprint density at radius 3 is 2.67 bits per heavy atom. The van der Waals surface area contributed by atoms with Crippen molar-refractivity contribution in [2.45, 2.75) is 50.2 Å². The summed E-state index contributed by atoms with van der Waals surface area (Å²) in [7, 11) is -4.58. The molecule has 2 aliphatic heterocycles. The number of piperazine rings is 1. The van der Waals surface area contributed by atoms with Gasteiger partial charge in [-0.15, -0.1) is 0 Å². The Hall–Kier alpha value is -5.52. The van der Waals surface area contributed by atoms with Crippen LogP contribution in [0.15, 0.2) is 95.7 Å². The highest BCUT2D eigenvalue weighted by molar-refractivity contribution is 7.90. The molecule has 3 aliphatic rings. The van der Waals surface area contributed by atoms with Crippen LogP contribution in [-0.2, 0) is 19.5 Å². The lowest BCUT2D eigenvalue weighted by Gasteiger charge is -2.42. The number of carbonyl (C=O) groups excluding carboxylic acids is 1. The van der Waals surface area contributed by atoms with Crippen molar-refractivity contribution in [2.24, 2.45) is 5.92 Å². The number of aromatic nitrogens is 2. The first-order valence-electron chi connectivity index (χ1n) is 20.4. The monoisotopic (exact) mass is 869 g/mol. The smallest absolute Gasteiger partial charge is 0.293 e. The summed E-state index contributed by atoms with van der Waals surface area (Å²) in [6, 6.07) is 20.4. The molecule has 2 aromatic heterocycles. The number of nitrogens with one attached hydrogen (secondary N) is 3. The maximum absolute atomic E-state index is 13.9. The lowest BCUT2D eigenvalue weighted by Crippen LogP contribution is -2.52. The summed E-state index contributed by atoms with van der Waals surface area (Å²) in [6.07, 6.45) is 6.21. The fourth-order valence-electron chi connectivity index (χ4n) is 8.20. The van der Waals surface area contributed by atoms with Crippen LogP contribution < -0.4 is 19.7 Å². The molecule has 1 amide bonds. The molecule has 3 aromatic carbocycles. The Morgan fingerprint density at radius 1 is 1.07 bits per heavy atom. The molecule has 2 fully saturated rings. The highest BCUT2D eigenvalue weighted by atomic mass is 35.5. The number of H-pyrrole nitrogens is 1. The third-order valence-electron chi connectivity index (χ3n) is 11.6. The number of ether oxygens (including phenoxy) is 3. The van der Waals surface area contributed by atoms with E-state index in [-0.39, 0.29) is 35.7 Å². The molecule has 17 heteroatoms. The minimum absolute atomic E-state index is 0.0520. The molecular weight excluding hydrogens is 822 g/mol. The van der Waals surface area contributed by atoms with E-state index in [4.69, 9.17) is 25.8 Å². The lowest BCUT2D eigenvalue weighted by molar-refractivity contribution is -0.384. The van der Waals surface area contributed by atoms with Gasteiger partial charge in [-0.2, -0.15) is 0 Å². The van der Waals surface area contributed by atoms with Crippen molar-refractivity contribution in [1.29, 1.82) is 0 Å². The zero-order valence-electron chi connectivity index (χ0n) is 33.9. The van der Waals surface area contributed by atoms with E-state index in [0.717, 1.165) is 54.5 Å². The fourth-order valence-corrected chi connectivity index (χ4v) is 9.31. The molecule has 0 spiro atoms. The van der Waals surface area contributed by atoms with Gasteiger partial charge in [-0.1, -0.05) is 36.2 Å². The van der Waals surface area contributed by atoms with E-state index in [1.165, 1.54) is 41.1 Å². The molecule has 1 aliphatic carbocycles. The molecule has 0 unspecified atom stereocenters. The van der Waals surface area contributed by atoms with Crippen molar-refractivity contribution in [3.63, 3.8) is 0 Å². The van der Waals surface area contributed by atoms with E-state index in [9.17, 15) is 23.3 Å². The number of halogens is 1. The zero-order valence-corrected chi connectivity index (χ0v) is 35.5. The molecule has 3 atom stereocenters. The normalized spacial score (nSPS) is 20.1. The van der Waals surface area contributed by atoms with Crippen LogP contribution in [0, 0.1) is 16.0 Å². The van der Waals surface area contributed by atoms with Crippen LogP contribution in [-0.4, -0.2) is 98.8 Å². The van der Waals surface area contributed by atoms with Gasteiger partial charge < -0.3 is 29.4 Å². The number of nitrogens with zero attached hydrogens (tertiary/aromatic N) is 4. The number of rotatable bonds is 13. The van der Waals surface area contributed by atoms with Crippen molar-refractivity contribution in [3.8, 4) is 11.5 Å². The van der Waals surface area contributed by atoms with E-state index in [2.05, 4.69) is 55.8 Å². The topological polar surface area (TPSA) is 181 Å². The van der Waals surface area contributed by atoms with Crippen molar-refractivity contribution >= 4 is 61.2 Å². The number of benzene rings is 3. The van der Waals surface area contributed by atoms with E-state index in [1.54, 1.807) is 24.4 Å². The second kappa shape index (κ2) is 18.2. The highest BCUT2D eigenvalue weighted by Crippen LogP contribution is 2.38. The number of hydrogen-bond acceptors (Lipinski definition) is 12. The Labute approximate surface area is 359 Å². The summed E-state index contributed by atoms with van der Waals surface area (Å²) in [5.41, 5.74) is 5.14. The number of amides is 1. The molecule has 8 rings (SSSR count). The molecular formula is C44H48ClN7O8S. The molecule has 320 valence electrons. The number of fused-ring (bicyclic) bond motifs is 1. The standard InChI is InChI=1S/C44H48ClN7O8S/c1-28-3-4-32(39(19-28)30-5-7-33(45)8-6-30)26-50-15-16-51(25-29(50)2)34-9-11-38(42(21-34)60-35-20-31-13-14-46-43(31)48-23-35)44(53)49-61(56,57)37-10-12-40(41(22-37)52(54)55)47-24-36-27-58-17-18-59-36/h5-14,20-23,28-29,36,47H,3-4,15-19,24-27H2,1-2H3,(H,46,48)(H,49,53)/t28-,29+,36-/m0/s1. The number of allylic oxidation sites excluding steroid dienone is 1. The van der Waals surface area contributed by atoms with Gasteiger partial charge in [-0.3, -0.25) is 19.8 Å². The van der Waals surface area contributed by atoms with Crippen LogP contribution in [0.5, 0.6) is 11.5 Å². The minimum atomic E-state index is -4.58. The number of nitro benzene ring substituents is 1. The number of hydrogen-bond donors (Lipinski definition) is 3. The summed E-state index contributed by atoms with van der Waals surface area (Å²) in [5.74, 6) is 0.103. The van der Waals surface area contributed by atoms with Gasteiger partial charge in [0.2, 0.25) is 0 Å². The number of pyridine rings is 1. The summed E-state index contributed by atoms with van der Waals surface area (Å²) in [4.78, 5) is 37.0. The van der Waals surface area contributed by atoms with Crippen LogP contribution in [0.3, 0.4) is 0 Å². The van der Waals surface area contributed by atoms with E-state index in [0.29, 0.717) is 50.2 Å². The number of anilines is 2. The maximum atomic E-state index is 13.9. The van der Waals surface area contributed by atoms with Gasteiger partial charge in [0.05, 0.1) is 47.5 Å². The number of nitro groups is 1. The summed E-state index contributed by atoms with van der Waals surface area (Å²) >= 11 is 6.23. The van der Waals surface area contributed by atoms with Gasteiger partial charge in [-0.25, -0.2) is 18.1 Å². The van der Waals surface area contributed by atoms with Gasteiger partial charge in [0.1, 0.15) is 22.8 Å². The zero-order chi connectivity index (χ0) is 42.7. The Balaban J connectivity index is 1.02. The van der Waals surface area contributed by atoms with E-state index < -0.39 is 31.4 Å². The Bertz CT molecular complexity index is 2560.